The molecule has 1 rings (SSSR count). The van der Waals surface area contributed by atoms with Gasteiger partial charge in [0.2, 0.25) is 6.29 Å². The van der Waals surface area contributed by atoms with Gasteiger partial charge in [-0.2, -0.15) is 0 Å². The summed E-state index contributed by atoms with van der Waals surface area (Å²) in [5, 5.41) is 0. The zero-order valence-electron chi connectivity index (χ0n) is 9.51. The van der Waals surface area contributed by atoms with Crippen molar-refractivity contribution in [2.24, 2.45) is 0 Å². The SMILES string of the molecule is CCCCOC(CI)OC1=CCCCC1. The van der Waals surface area contributed by atoms with Crippen LogP contribution >= 0.6 is 22.6 Å². The Bertz CT molecular complexity index is 192. The van der Waals surface area contributed by atoms with Crippen LogP contribution in [0.3, 0.4) is 0 Å². The third kappa shape index (κ3) is 5.76. The van der Waals surface area contributed by atoms with E-state index in [1.54, 1.807) is 0 Å². The van der Waals surface area contributed by atoms with Crippen molar-refractivity contribution in [3.05, 3.63) is 11.8 Å². The van der Waals surface area contributed by atoms with E-state index in [1.165, 1.54) is 19.3 Å². The van der Waals surface area contributed by atoms with E-state index in [2.05, 4.69) is 35.6 Å². The zero-order valence-corrected chi connectivity index (χ0v) is 11.7. The summed E-state index contributed by atoms with van der Waals surface area (Å²) < 4.78 is 12.4. The molecule has 88 valence electrons. The Kier molecular flexibility index (Phi) is 7.44. The molecule has 1 atom stereocenters. The molecular formula is C12H21IO2. The van der Waals surface area contributed by atoms with Crippen molar-refractivity contribution < 1.29 is 9.47 Å². The van der Waals surface area contributed by atoms with Gasteiger partial charge in [0.25, 0.3) is 0 Å². The van der Waals surface area contributed by atoms with Gasteiger partial charge in [-0.1, -0.05) is 35.9 Å². The lowest BCUT2D eigenvalue weighted by molar-refractivity contribution is -0.101. The topological polar surface area (TPSA) is 18.5 Å². The van der Waals surface area contributed by atoms with Crippen LogP contribution in [-0.2, 0) is 9.47 Å². The average molecular weight is 324 g/mol. The standard InChI is InChI=1S/C12H21IO2/c1-2-3-9-14-12(10-13)15-11-7-5-4-6-8-11/h7,12H,2-6,8-10H2,1H3. The minimum Gasteiger partial charge on any atom is -0.469 e. The molecule has 0 aromatic carbocycles. The number of unbranched alkanes of at least 4 members (excludes halogenated alkanes) is 1. The summed E-state index contributed by atoms with van der Waals surface area (Å²) >= 11 is 2.32. The van der Waals surface area contributed by atoms with E-state index in [0.29, 0.717) is 0 Å². The van der Waals surface area contributed by atoms with Crippen LogP contribution in [0.25, 0.3) is 0 Å². The van der Waals surface area contributed by atoms with Crippen molar-refractivity contribution in [2.75, 3.05) is 11.0 Å². The Labute approximate surface area is 107 Å². The first-order valence-electron chi connectivity index (χ1n) is 5.90. The van der Waals surface area contributed by atoms with E-state index < -0.39 is 0 Å². The molecule has 0 fully saturated rings. The van der Waals surface area contributed by atoms with Gasteiger partial charge in [-0.25, -0.2) is 0 Å². The number of halogens is 1. The molecule has 0 saturated heterocycles. The fraction of sp³-hybridized carbons (Fsp3) is 0.833. The molecule has 1 unspecified atom stereocenters. The van der Waals surface area contributed by atoms with Crippen molar-refractivity contribution in [3.63, 3.8) is 0 Å². The molecule has 2 nitrogen and oxygen atoms in total. The van der Waals surface area contributed by atoms with Crippen LogP contribution in [0.15, 0.2) is 11.8 Å². The third-order valence-electron chi connectivity index (χ3n) is 2.46. The first-order valence-corrected chi connectivity index (χ1v) is 7.42. The van der Waals surface area contributed by atoms with Crippen LogP contribution in [0.2, 0.25) is 0 Å². The molecule has 0 saturated carbocycles. The van der Waals surface area contributed by atoms with Crippen LogP contribution in [0, 0.1) is 0 Å². The summed E-state index contributed by atoms with van der Waals surface area (Å²) in [5.41, 5.74) is 0. The second-order valence-corrected chi connectivity index (χ2v) is 4.72. The number of hydrogen-bond donors (Lipinski definition) is 0. The summed E-state index contributed by atoms with van der Waals surface area (Å²) in [6.07, 6.45) is 9.29. The Morgan fingerprint density at radius 2 is 2.33 bits per heavy atom. The lowest BCUT2D eigenvalue weighted by Gasteiger charge is -2.21. The highest BCUT2D eigenvalue weighted by Gasteiger charge is 2.12. The maximum absolute atomic E-state index is 5.82. The molecule has 0 aromatic rings. The fourth-order valence-corrected chi connectivity index (χ4v) is 1.99. The second-order valence-electron chi connectivity index (χ2n) is 3.84. The van der Waals surface area contributed by atoms with Gasteiger partial charge in [-0.3, -0.25) is 0 Å². The van der Waals surface area contributed by atoms with Gasteiger partial charge in [0.1, 0.15) is 0 Å². The van der Waals surface area contributed by atoms with Crippen LogP contribution < -0.4 is 0 Å². The maximum Gasteiger partial charge on any atom is 0.208 e. The zero-order chi connectivity index (χ0) is 10.9. The summed E-state index contributed by atoms with van der Waals surface area (Å²) in [4.78, 5) is 0. The van der Waals surface area contributed by atoms with Crippen molar-refractivity contribution in [1.29, 1.82) is 0 Å². The van der Waals surface area contributed by atoms with E-state index >= 15 is 0 Å². The van der Waals surface area contributed by atoms with E-state index in [0.717, 1.165) is 36.1 Å². The minimum atomic E-state index is -0.0403. The van der Waals surface area contributed by atoms with Crippen LogP contribution in [0.4, 0.5) is 0 Å². The van der Waals surface area contributed by atoms with Crippen molar-refractivity contribution in [2.45, 2.75) is 51.7 Å². The normalized spacial score (nSPS) is 18.4. The first kappa shape index (κ1) is 13.3. The molecule has 1 aliphatic rings. The number of allylic oxidation sites excluding steroid dienone is 2. The molecule has 0 heterocycles. The summed E-state index contributed by atoms with van der Waals surface area (Å²) in [5.74, 6) is 1.14. The van der Waals surface area contributed by atoms with Gasteiger partial charge in [-0.15, -0.1) is 0 Å². The van der Waals surface area contributed by atoms with Crippen LogP contribution in [0.1, 0.15) is 45.4 Å². The van der Waals surface area contributed by atoms with Crippen LogP contribution in [-0.4, -0.2) is 17.3 Å². The summed E-state index contributed by atoms with van der Waals surface area (Å²) in [6, 6.07) is 0. The summed E-state index contributed by atoms with van der Waals surface area (Å²) in [7, 11) is 0. The molecule has 15 heavy (non-hydrogen) atoms. The molecule has 0 radical (unpaired) electrons. The van der Waals surface area contributed by atoms with Gasteiger partial charge in [0.15, 0.2) is 0 Å². The number of ether oxygens (including phenoxy) is 2. The van der Waals surface area contributed by atoms with Crippen molar-refractivity contribution in [1.82, 2.24) is 0 Å². The smallest absolute Gasteiger partial charge is 0.208 e. The molecule has 1 aliphatic carbocycles. The second kappa shape index (κ2) is 8.39. The monoisotopic (exact) mass is 324 g/mol. The Morgan fingerprint density at radius 1 is 1.47 bits per heavy atom. The molecule has 0 aliphatic heterocycles. The van der Waals surface area contributed by atoms with E-state index in [-0.39, 0.29) is 6.29 Å². The van der Waals surface area contributed by atoms with Gasteiger partial charge in [0, 0.05) is 6.42 Å². The first-order chi connectivity index (χ1) is 7.36. The number of alkyl halides is 1. The number of hydrogen-bond acceptors (Lipinski definition) is 2. The lowest BCUT2D eigenvalue weighted by Crippen LogP contribution is -2.19. The maximum atomic E-state index is 5.82. The predicted octanol–water partition coefficient (Wildman–Crippen LogP) is 4.04. The summed E-state index contributed by atoms with van der Waals surface area (Å²) in [6.45, 7) is 2.99. The Balaban J connectivity index is 2.22. The Morgan fingerprint density at radius 3 is 2.93 bits per heavy atom. The quantitative estimate of drug-likeness (QED) is 0.305. The Hall–Kier alpha value is 0.230. The lowest BCUT2D eigenvalue weighted by atomic mass is 10.1. The van der Waals surface area contributed by atoms with Gasteiger partial charge < -0.3 is 9.47 Å². The highest BCUT2D eigenvalue weighted by molar-refractivity contribution is 14.1. The highest BCUT2D eigenvalue weighted by atomic mass is 127. The van der Waals surface area contributed by atoms with Gasteiger partial charge in [0.05, 0.1) is 16.8 Å². The molecular weight excluding hydrogens is 303 g/mol. The van der Waals surface area contributed by atoms with E-state index in [1.807, 2.05) is 0 Å². The van der Waals surface area contributed by atoms with Crippen molar-refractivity contribution >= 4 is 22.6 Å². The van der Waals surface area contributed by atoms with Gasteiger partial charge >= 0.3 is 0 Å². The van der Waals surface area contributed by atoms with Gasteiger partial charge in [-0.05, 0) is 31.8 Å². The van der Waals surface area contributed by atoms with Crippen LogP contribution in [0.5, 0.6) is 0 Å². The highest BCUT2D eigenvalue weighted by Crippen LogP contribution is 2.20. The largest absolute Gasteiger partial charge is 0.469 e. The molecule has 0 bridgehead atoms. The fourth-order valence-electron chi connectivity index (χ4n) is 1.55. The molecule has 3 heteroatoms. The predicted molar refractivity (Wildman–Crippen MR) is 71.2 cm³/mol. The average Bonchev–Trinajstić information content (AvgIpc) is 2.29. The minimum absolute atomic E-state index is 0.0403. The third-order valence-corrected chi connectivity index (χ3v) is 3.18. The molecule has 0 amide bonds. The number of rotatable bonds is 7. The molecule has 0 N–H and O–H groups in total. The van der Waals surface area contributed by atoms with E-state index in [9.17, 15) is 0 Å². The molecule has 0 spiro atoms. The van der Waals surface area contributed by atoms with E-state index in [4.69, 9.17) is 9.47 Å². The molecule has 0 aromatic heterocycles. The van der Waals surface area contributed by atoms with Crippen molar-refractivity contribution in [3.8, 4) is 0 Å².